The summed E-state index contributed by atoms with van der Waals surface area (Å²) in [6.45, 7) is 0.717. The van der Waals surface area contributed by atoms with Gasteiger partial charge in [0.25, 0.3) is 0 Å². The first-order valence-electron chi connectivity index (χ1n) is 10.5. The van der Waals surface area contributed by atoms with E-state index in [2.05, 4.69) is 0 Å². The minimum Gasteiger partial charge on any atom is -0.481 e. The van der Waals surface area contributed by atoms with Crippen LogP contribution in [-0.2, 0) is 28.9 Å². The van der Waals surface area contributed by atoms with E-state index in [-0.39, 0.29) is 18.6 Å². The molecule has 0 unspecified atom stereocenters. The van der Waals surface area contributed by atoms with Crippen molar-refractivity contribution in [2.75, 3.05) is 6.61 Å². The fourth-order valence-corrected chi connectivity index (χ4v) is 3.87. The van der Waals surface area contributed by atoms with Gasteiger partial charge in [0.1, 0.15) is 26.0 Å². The molecule has 1 heterocycles. The van der Waals surface area contributed by atoms with Crippen LogP contribution < -0.4 is 10.2 Å². The molecule has 3 aromatic rings. The number of rotatable bonds is 8. The lowest BCUT2D eigenvalue weighted by Crippen LogP contribution is -2.34. The van der Waals surface area contributed by atoms with Gasteiger partial charge >= 0.3 is 12.1 Å². The number of cyclic esters (lactones) is 1. The Morgan fingerprint density at radius 3 is 2.62 bits per heavy atom. The molecule has 0 bridgehead atoms. The molecule has 3 aromatic carbocycles. The molecule has 0 spiro atoms. The van der Waals surface area contributed by atoms with Crippen LogP contribution in [0.15, 0.2) is 72.8 Å². The van der Waals surface area contributed by atoms with Gasteiger partial charge in [0.2, 0.25) is 0 Å². The van der Waals surface area contributed by atoms with Gasteiger partial charge in [-0.15, -0.1) is 0 Å². The van der Waals surface area contributed by atoms with E-state index in [1.165, 1.54) is 0 Å². The van der Waals surface area contributed by atoms with E-state index in [4.69, 9.17) is 14.6 Å². The van der Waals surface area contributed by atoms with Gasteiger partial charge < -0.3 is 14.6 Å². The second kappa shape index (κ2) is 9.60. The van der Waals surface area contributed by atoms with E-state index in [9.17, 15) is 9.59 Å². The highest BCUT2D eigenvalue weighted by Crippen LogP contribution is 2.29. The summed E-state index contributed by atoms with van der Waals surface area (Å²) in [6.07, 6.45) is 0.312. The monoisotopic (exact) mass is 429 g/mol. The molecular weight excluding hydrogens is 405 g/mol. The summed E-state index contributed by atoms with van der Waals surface area (Å²) >= 11 is 0. The van der Waals surface area contributed by atoms with Crippen LogP contribution in [0.5, 0.6) is 11.5 Å². The third-order valence-corrected chi connectivity index (χ3v) is 5.43. The highest BCUT2D eigenvalue weighted by Gasteiger charge is 2.33. The average molecular weight is 429 g/mol. The minimum atomic E-state index is -0.893. The lowest BCUT2D eigenvalue weighted by Gasteiger charge is -2.23. The number of carboxylic acid groups (broad SMARTS) is 1. The molecule has 32 heavy (non-hydrogen) atoms. The molecule has 1 saturated heterocycles. The molecule has 7 heteroatoms. The highest BCUT2D eigenvalue weighted by atomic mass is 16.6. The average Bonchev–Trinajstić information content (AvgIpc) is 3.10. The third kappa shape index (κ3) is 5.30. The number of aliphatic carboxylic acids is 1. The summed E-state index contributed by atoms with van der Waals surface area (Å²) in [5.41, 5.74) is 3.73. The predicted octanol–water partition coefficient (Wildman–Crippen LogP) is 2.93. The Morgan fingerprint density at radius 2 is 1.84 bits per heavy atom. The van der Waals surface area contributed by atoms with Crippen molar-refractivity contribution in [2.24, 2.45) is 0 Å². The van der Waals surface area contributed by atoms with Crippen LogP contribution in [0.3, 0.4) is 0 Å². The zero-order valence-corrected chi connectivity index (χ0v) is 17.9. The fraction of sp³-hybridized carbons (Fsp3) is 0.200. The Labute approximate surface area is 187 Å². The molecule has 1 atom stereocenters. The van der Waals surface area contributed by atoms with Crippen LogP contribution in [0.25, 0.3) is 0 Å². The lowest BCUT2D eigenvalue weighted by molar-refractivity contribution is -0.136. The van der Waals surface area contributed by atoms with Crippen molar-refractivity contribution in [3.05, 3.63) is 89.5 Å². The quantitative estimate of drug-likeness (QED) is 0.558. The maximum absolute atomic E-state index is 12.5. The van der Waals surface area contributed by atoms with Crippen LogP contribution in [0.1, 0.15) is 16.7 Å². The summed E-state index contributed by atoms with van der Waals surface area (Å²) in [5.74, 6) is 0.287. The topological polar surface area (TPSA) is 76.1 Å². The van der Waals surface area contributed by atoms with Crippen molar-refractivity contribution in [1.29, 1.82) is 0 Å². The molecule has 6 nitrogen and oxygen atoms in total. The summed E-state index contributed by atoms with van der Waals surface area (Å²) in [6, 6.07) is 22.9. The van der Waals surface area contributed by atoms with Gasteiger partial charge in [-0.2, -0.15) is 0 Å². The molecule has 4 rings (SSSR count). The normalized spacial score (nSPS) is 15.4. The molecule has 0 aromatic heterocycles. The maximum Gasteiger partial charge on any atom is 0.410 e. The first-order chi connectivity index (χ1) is 15.5. The Bertz CT molecular complexity index is 1120. The summed E-state index contributed by atoms with van der Waals surface area (Å²) in [4.78, 5) is 25.3. The second-order valence-corrected chi connectivity index (χ2v) is 7.98. The van der Waals surface area contributed by atoms with Crippen molar-refractivity contribution in [1.82, 2.24) is 4.90 Å². The van der Waals surface area contributed by atoms with Gasteiger partial charge in [-0.1, -0.05) is 60.1 Å². The molecule has 162 valence electrons. The summed E-state index contributed by atoms with van der Waals surface area (Å²) in [7, 11) is 1.99. The molecule has 1 fully saturated rings. The van der Waals surface area contributed by atoms with Crippen LogP contribution in [-0.4, -0.2) is 42.6 Å². The van der Waals surface area contributed by atoms with E-state index < -0.39 is 5.97 Å². The molecule has 0 saturated carbocycles. The van der Waals surface area contributed by atoms with Crippen LogP contribution in [0.2, 0.25) is 0 Å². The van der Waals surface area contributed by atoms with Crippen molar-refractivity contribution >= 4 is 25.4 Å². The van der Waals surface area contributed by atoms with Crippen molar-refractivity contribution in [3.8, 4) is 11.5 Å². The van der Waals surface area contributed by atoms with Crippen LogP contribution >= 0.6 is 0 Å². The molecule has 1 aliphatic heterocycles. The van der Waals surface area contributed by atoms with Gasteiger partial charge in [-0.3, -0.25) is 9.69 Å². The highest BCUT2D eigenvalue weighted by molar-refractivity contribution is 6.32. The molecule has 1 amide bonds. The number of hydrogen-bond donors (Lipinski definition) is 1. The maximum atomic E-state index is 12.5. The minimum absolute atomic E-state index is 0.0582. The lowest BCUT2D eigenvalue weighted by atomic mass is 9.93. The number of nitrogens with zero attached hydrogens (tertiary/aromatic N) is 1. The van der Waals surface area contributed by atoms with E-state index >= 15 is 0 Å². The smallest absolute Gasteiger partial charge is 0.410 e. The van der Waals surface area contributed by atoms with Gasteiger partial charge in [-0.05, 0) is 35.7 Å². The molecule has 1 N–H and O–H groups in total. The number of carboxylic acids is 1. The fourth-order valence-electron chi connectivity index (χ4n) is 3.87. The number of benzene rings is 3. The van der Waals surface area contributed by atoms with Crippen molar-refractivity contribution < 1.29 is 24.2 Å². The Kier molecular flexibility index (Phi) is 6.45. The number of carbonyl (C=O) groups is 2. The zero-order chi connectivity index (χ0) is 22.5. The number of hydrogen-bond acceptors (Lipinski definition) is 4. The first kappa shape index (κ1) is 21.5. The molecular formula is C25H24BNO5. The predicted molar refractivity (Wildman–Crippen MR) is 123 cm³/mol. The van der Waals surface area contributed by atoms with E-state index in [0.717, 1.165) is 16.6 Å². The summed E-state index contributed by atoms with van der Waals surface area (Å²) in [5, 5.41) is 9.05. The van der Waals surface area contributed by atoms with Gasteiger partial charge in [0.05, 0.1) is 19.0 Å². The number of ether oxygens (including phenoxy) is 2. The third-order valence-electron chi connectivity index (χ3n) is 5.43. The van der Waals surface area contributed by atoms with Crippen molar-refractivity contribution in [2.45, 2.75) is 25.4 Å². The van der Waals surface area contributed by atoms with Crippen LogP contribution in [0, 0.1) is 0 Å². The SMILES string of the molecule is Bc1ccc(Oc2cccc(CC(=O)O)c2)c(CN2C(=O)OC[C@@H]2Cc2ccccc2)c1. The van der Waals surface area contributed by atoms with E-state index in [0.29, 0.717) is 36.6 Å². The van der Waals surface area contributed by atoms with E-state index in [1.54, 1.807) is 29.2 Å². The first-order valence-corrected chi connectivity index (χ1v) is 10.5. The second-order valence-electron chi connectivity index (χ2n) is 7.98. The molecule has 0 radical (unpaired) electrons. The molecule has 1 aliphatic rings. The van der Waals surface area contributed by atoms with E-state index in [1.807, 2.05) is 56.4 Å². The van der Waals surface area contributed by atoms with Crippen LogP contribution in [0.4, 0.5) is 4.79 Å². The largest absolute Gasteiger partial charge is 0.481 e. The van der Waals surface area contributed by atoms with Gasteiger partial charge in [0, 0.05) is 5.56 Å². The number of carbonyl (C=O) groups excluding carboxylic acids is 1. The standard InChI is InChI=1S/C25H24BNO5/c26-20-9-10-23(32-22-8-4-7-18(12-22)13-24(28)29)19(14-20)15-27-21(16-31-25(27)30)11-17-5-2-1-3-6-17/h1-10,12,14,21H,11,13,15-16,26H2,(H,28,29)/t21-/m0/s1. The van der Waals surface area contributed by atoms with Gasteiger partial charge in [0.15, 0.2) is 0 Å². The summed E-state index contributed by atoms with van der Waals surface area (Å²) < 4.78 is 11.5. The molecule has 0 aliphatic carbocycles. The van der Waals surface area contributed by atoms with Crippen molar-refractivity contribution in [3.63, 3.8) is 0 Å². The Hall–Kier alpha value is -3.74. The Morgan fingerprint density at radius 1 is 1.06 bits per heavy atom. The zero-order valence-electron chi connectivity index (χ0n) is 17.9. The number of amides is 1. The van der Waals surface area contributed by atoms with Gasteiger partial charge in [-0.25, -0.2) is 4.79 Å². The Balaban J connectivity index is 1.55.